The van der Waals surface area contributed by atoms with Crippen LogP contribution in [0.3, 0.4) is 0 Å². The van der Waals surface area contributed by atoms with Gasteiger partial charge in [0.05, 0.1) is 12.7 Å². The Morgan fingerprint density at radius 2 is 1.94 bits per heavy atom. The third-order valence-corrected chi connectivity index (χ3v) is 1.96. The number of ether oxygens (including phenoxy) is 1. The molecule has 0 aliphatic rings. The van der Waals surface area contributed by atoms with Crippen LogP contribution in [0.25, 0.3) is 6.08 Å². The summed E-state index contributed by atoms with van der Waals surface area (Å²) in [6.45, 7) is 0. The maximum absolute atomic E-state index is 11.1. The Kier molecular flexibility index (Phi) is 4.27. The summed E-state index contributed by atoms with van der Waals surface area (Å²) in [5.74, 6) is -0.741. The van der Waals surface area contributed by atoms with Gasteiger partial charge >= 0.3 is 5.97 Å². The third kappa shape index (κ3) is 3.57. The maximum atomic E-state index is 11.1. The maximum Gasteiger partial charge on any atom is 0.337 e. The molecule has 4 heteroatoms. The summed E-state index contributed by atoms with van der Waals surface area (Å²) in [5, 5.41) is 0. The van der Waals surface area contributed by atoms with Gasteiger partial charge in [0.1, 0.15) is 0 Å². The van der Waals surface area contributed by atoms with Crippen LogP contribution >= 0.6 is 0 Å². The lowest BCUT2D eigenvalue weighted by atomic mass is 10.1. The van der Waals surface area contributed by atoms with E-state index in [4.69, 9.17) is 5.73 Å². The highest BCUT2D eigenvalue weighted by molar-refractivity contribution is 5.89. The van der Waals surface area contributed by atoms with Crippen LogP contribution in [0.5, 0.6) is 0 Å². The van der Waals surface area contributed by atoms with E-state index < -0.39 is 0 Å². The number of amides is 1. The molecule has 0 aliphatic carbocycles. The van der Waals surface area contributed by atoms with E-state index in [2.05, 4.69) is 4.74 Å². The van der Waals surface area contributed by atoms with Crippen LogP contribution < -0.4 is 5.73 Å². The van der Waals surface area contributed by atoms with Gasteiger partial charge in [0, 0.05) is 6.42 Å². The Morgan fingerprint density at radius 1 is 1.31 bits per heavy atom. The molecule has 0 fully saturated rings. The highest BCUT2D eigenvalue weighted by Crippen LogP contribution is 2.07. The smallest absolute Gasteiger partial charge is 0.337 e. The zero-order valence-electron chi connectivity index (χ0n) is 8.97. The predicted molar refractivity (Wildman–Crippen MR) is 60.6 cm³/mol. The molecule has 1 amide bonds. The Hall–Kier alpha value is -2.10. The zero-order valence-corrected chi connectivity index (χ0v) is 8.97. The normalized spacial score (nSPS) is 10.3. The van der Waals surface area contributed by atoms with Crippen molar-refractivity contribution in [1.29, 1.82) is 0 Å². The lowest BCUT2D eigenvalue weighted by molar-refractivity contribution is -0.117. The number of primary amides is 1. The van der Waals surface area contributed by atoms with E-state index in [-0.39, 0.29) is 18.3 Å². The van der Waals surface area contributed by atoms with Crippen LogP contribution in [-0.2, 0) is 9.53 Å². The summed E-state index contributed by atoms with van der Waals surface area (Å²) >= 11 is 0. The molecule has 2 N–H and O–H groups in total. The van der Waals surface area contributed by atoms with Gasteiger partial charge in [0.2, 0.25) is 5.91 Å². The molecule has 84 valence electrons. The number of rotatable bonds is 4. The summed E-state index contributed by atoms with van der Waals surface area (Å²) in [7, 11) is 1.34. The van der Waals surface area contributed by atoms with Gasteiger partial charge in [0.25, 0.3) is 0 Å². The molecule has 1 aromatic rings. The van der Waals surface area contributed by atoms with E-state index >= 15 is 0 Å². The van der Waals surface area contributed by atoms with Crippen LogP contribution in [0.2, 0.25) is 0 Å². The second kappa shape index (κ2) is 5.70. The first-order valence-electron chi connectivity index (χ1n) is 4.76. The molecule has 1 aromatic carbocycles. The van der Waals surface area contributed by atoms with Crippen LogP contribution in [0.4, 0.5) is 0 Å². The molecule has 4 nitrogen and oxygen atoms in total. The van der Waals surface area contributed by atoms with Gasteiger partial charge in [-0.15, -0.1) is 0 Å². The number of nitrogens with two attached hydrogens (primary N) is 1. The average Bonchev–Trinajstić information content (AvgIpc) is 2.28. The van der Waals surface area contributed by atoms with E-state index in [0.29, 0.717) is 5.56 Å². The number of carbonyl (C=O) groups excluding carboxylic acids is 2. The zero-order chi connectivity index (χ0) is 12.0. The fourth-order valence-electron chi connectivity index (χ4n) is 1.16. The molecule has 0 heterocycles. The summed E-state index contributed by atoms with van der Waals surface area (Å²) < 4.78 is 4.57. The number of esters is 1. The van der Waals surface area contributed by atoms with E-state index in [9.17, 15) is 9.59 Å². The molecule has 16 heavy (non-hydrogen) atoms. The molecule has 0 spiro atoms. The lowest BCUT2D eigenvalue weighted by Gasteiger charge is -1.99. The second-order valence-electron chi connectivity index (χ2n) is 3.19. The Balaban J connectivity index is 2.68. The van der Waals surface area contributed by atoms with E-state index in [1.165, 1.54) is 7.11 Å². The largest absolute Gasteiger partial charge is 0.465 e. The highest BCUT2D eigenvalue weighted by Gasteiger charge is 2.02. The van der Waals surface area contributed by atoms with Crippen LogP contribution in [0.1, 0.15) is 22.3 Å². The van der Waals surface area contributed by atoms with Crippen molar-refractivity contribution < 1.29 is 14.3 Å². The molecule has 0 bridgehead atoms. The Morgan fingerprint density at radius 3 is 2.44 bits per heavy atom. The molecular weight excluding hydrogens is 206 g/mol. The number of benzene rings is 1. The van der Waals surface area contributed by atoms with Crippen molar-refractivity contribution in [3.05, 3.63) is 41.5 Å². The monoisotopic (exact) mass is 219 g/mol. The first-order valence-corrected chi connectivity index (χ1v) is 4.76. The van der Waals surface area contributed by atoms with Gasteiger partial charge in [-0.05, 0) is 17.7 Å². The van der Waals surface area contributed by atoms with Gasteiger partial charge in [-0.1, -0.05) is 24.3 Å². The van der Waals surface area contributed by atoms with Crippen LogP contribution in [-0.4, -0.2) is 19.0 Å². The van der Waals surface area contributed by atoms with Crippen molar-refractivity contribution in [2.75, 3.05) is 7.11 Å². The Labute approximate surface area is 93.7 Å². The van der Waals surface area contributed by atoms with Gasteiger partial charge < -0.3 is 10.5 Å². The molecule has 0 radical (unpaired) electrons. The summed E-state index contributed by atoms with van der Waals surface area (Å²) in [5.41, 5.74) is 6.38. The van der Waals surface area contributed by atoms with Gasteiger partial charge in [-0.2, -0.15) is 0 Å². The van der Waals surface area contributed by atoms with Crippen molar-refractivity contribution in [3.8, 4) is 0 Å². The summed E-state index contributed by atoms with van der Waals surface area (Å²) in [6, 6.07) is 6.86. The summed E-state index contributed by atoms with van der Waals surface area (Å²) in [6.07, 6.45) is 3.65. The van der Waals surface area contributed by atoms with E-state index in [0.717, 1.165) is 5.56 Å². The molecule has 0 saturated heterocycles. The predicted octanol–water partition coefficient (Wildman–Crippen LogP) is 1.36. The minimum absolute atomic E-state index is 0.207. The van der Waals surface area contributed by atoms with Gasteiger partial charge in [-0.3, -0.25) is 4.79 Å². The molecule has 0 saturated carbocycles. The van der Waals surface area contributed by atoms with E-state index in [1.807, 2.05) is 0 Å². The SMILES string of the molecule is COC(=O)c1ccc(C=CCC(N)=O)cc1. The van der Waals surface area contributed by atoms with Crippen molar-refractivity contribution in [2.45, 2.75) is 6.42 Å². The molecule has 0 atom stereocenters. The van der Waals surface area contributed by atoms with Gasteiger partial charge in [-0.25, -0.2) is 4.79 Å². The first kappa shape index (κ1) is 12.0. The molecule has 0 aliphatic heterocycles. The minimum atomic E-state index is -0.373. The Bertz CT molecular complexity index is 407. The quantitative estimate of drug-likeness (QED) is 0.777. The number of hydrogen-bond acceptors (Lipinski definition) is 3. The standard InChI is InChI=1S/C12H13NO3/c1-16-12(15)10-7-5-9(6-8-10)3-2-4-11(13)14/h2-3,5-8H,4H2,1H3,(H2,13,14). The van der Waals surface area contributed by atoms with Crippen molar-refractivity contribution >= 4 is 18.0 Å². The van der Waals surface area contributed by atoms with Crippen LogP contribution in [0.15, 0.2) is 30.3 Å². The number of hydrogen-bond donors (Lipinski definition) is 1. The molecule has 1 rings (SSSR count). The van der Waals surface area contributed by atoms with E-state index in [1.54, 1.807) is 36.4 Å². The minimum Gasteiger partial charge on any atom is -0.465 e. The first-order chi connectivity index (χ1) is 7.63. The number of methoxy groups -OCH3 is 1. The molecule has 0 unspecified atom stereocenters. The lowest BCUT2D eigenvalue weighted by Crippen LogP contribution is -2.07. The molecular formula is C12H13NO3. The fraction of sp³-hybridized carbons (Fsp3) is 0.167. The summed E-state index contributed by atoms with van der Waals surface area (Å²) in [4.78, 5) is 21.6. The second-order valence-corrected chi connectivity index (χ2v) is 3.19. The van der Waals surface area contributed by atoms with Gasteiger partial charge in [0.15, 0.2) is 0 Å². The highest BCUT2D eigenvalue weighted by atomic mass is 16.5. The fourth-order valence-corrected chi connectivity index (χ4v) is 1.16. The topological polar surface area (TPSA) is 69.4 Å². The third-order valence-electron chi connectivity index (χ3n) is 1.96. The number of carbonyl (C=O) groups is 2. The van der Waals surface area contributed by atoms with Crippen LogP contribution in [0, 0.1) is 0 Å². The van der Waals surface area contributed by atoms with Crippen molar-refractivity contribution in [1.82, 2.24) is 0 Å². The van der Waals surface area contributed by atoms with Crippen molar-refractivity contribution in [2.24, 2.45) is 5.73 Å². The molecule has 0 aromatic heterocycles. The van der Waals surface area contributed by atoms with Crippen molar-refractivity contribution in [3.63, 3.8) is 0 Å². The average molecular weight is 219 g/mol.